The summed E-state index contributed by atoms with van der Waals surface area (Å²) >= 11 is 5.77. The molecule has 0 aliphatic heterocycles. The van der Waals surface area contributed by atoms with Crippen LogP contribution in [0.15, 0.2) is 23.3 Å². The van der Waals surface area contributed by atoms with Crippen LogP contribution in [0.2, 0.25) is 5.15 Å². The Morgan fingerprint density at radius 1 is 1.32 bits per heavy atom. The quantitative estimate of drug-likeness (QED) is 0.215. The molecule has 0 saturated heterocycles. The van der Waals surface area contributed by atoms with Crippen molar-refractivity contribution < 1.29 is 0 Å². The molecular weight excluding hydrogens is 413 g/mol. The normalized spacial score (nSPS) is 11.2. The molecule has 1 aromatic heterocycles. The second-order valence-electron chi connectivity index (χ2n) is 5.08. The lowest BCUT2D eigenvalue weighted by molar-refractivity contribution is 0.403. The summed E-state index contributed by atoms with van der Waals surface area (Å²) in [7, 11) is 4.15. The highest BCUT2D eigenvalue weighted by molar-refractivity contribution is 14.0. The summed E-state index contributed by atoms with van der Waals surface area (Å²) in [5, 5.41) is 7.12. The molecule has 0 bridgehead atoms. The first-order valence-electron chi connectivity index (χ1n) is 7.39. The van der Waals surface area contributed by atoms with Crippen LogP contribution in [-0.2, 0) is 6.42 Å². The summed E-state index contributed by atoms with van der Waals surface area (Å²) in [6.45, 7) is 5.64. The van der Waals surface area contributed by atoms with Crippen LogP contribution in [0.3, 0.4) is 0 Å². The first-order valence-corrected chi connectivity index (χ1v) is 7.77. The summed E-state index contributed by atoms with van der Waals surface area (Å²) in [6, 6.07) is 3.82. The van der Waals surface area contributed by atoms with E-state index >= 15 is 0 Å². The van der Waals surface area contributed by atoms with Gasteiger partial charge >= 0.3 is 0 Å². The van der Waals surface area contributed by atoms with Gasteiger partial charge in [0.25, 0.3) is 0 Å². The Morgan fingerprint density at radius 2 is 2.09 bits per heavy atom. The summed E-state index contributed by atoms with van der Waals surface area (Å²) in [5.41, 5.74) is 1.16. The van der Waals surface area contributed by atoms with Crippen molar-refractivity contribution in [3.8, 4) is 0 Å². The van der Waals surface area contributed by atoms with Crippen molar-refractivity contribution in [2.45, 2.75) is 19.8 Å². The lowest BCUT2D eigenvalue weighted by Gasteiger charge is -2.12. The van der Waals surface area contributed by atoms with Crippen molar-refractivity contribution in [1.82, 2.24) is 20.5 Å². The van der Waals surface area contributed by atoms with Crippen LogP contribution >= 0.6 is 35.6 Å². The molecule has 0 spiro atoms. The van der Waals surface area contributed by atoms with Gasteiger partial charge < -0.3 is 15.5 Å². The van der Waals surface area contributed by atoms with Crippen LogP contribution < -0.4 is 10.6 Å². The Balaban J connectivity index is 0.00000441. The van der Waals surface area contributed by atoms with Crippen molar-refractivity contribution in [1.29, 1.82) is 0 Å². The predicted molar refractivity (Wildman–Crippen MR) is 106 cm³/mol. The van der Waals surface area contributed by atoms with Crippen LogP contribution in [0.1, 0.15) is 18.9 Å². The monoisotopic (exact) mass is 439 g/mol. The fourth-order valence-corrected chi connectivity index (χ4v) is 1.91. The Labute approximate surface area is 156 Å². The maximum Gasteiger partial charge on any atom is 0.191 e. The molecule has 0 saturated carbocycles. The minimum absolute atomic E-state index is 0. The van der Waals surface area contributed by atoms with Gasteiger partial charge in [-0.3, -0.25) is 4.99 Å². The van der Waals surface area contributed by atoms with Crippen molar-refractivity contribution in [2.75, 3.05) is 40.3 Å². The highest BCUT2D eigenvalue weighted by Crippen LogP contribution is 2.05. The van der Waals surface area contributed by atoms with Gasteiger partial charge in [0.15, 0.2) is 5.96 Å². The topological polar surface area (TPSA) is 52.6 Å². The SMILES string of the molecule is CCNC(=NCCCN(C)C)NCCc1ccc(Cl)nc1.I. The predicted octanol–water partition coefficient (Wildman–Crippen LogP) is 2.40. The zero-order chi connectivity index (χ0) is 15.5. The van der Waals surface area contributed by atoms with Crippen molar-refractivity contribution in [3.63, 3.8) is 0 Å². The standard InChI is InChI=1S/C15H26ClN5.HI/c1-4-17-15(18-9-5-11-21(2)3)19-10-8-13-6-7-14(16)20-12-13;/h6-7,12H,4-5,8-11H2,1-3H3,(H2,17,18,19);1H. The lowest BCUT2D eigenvalue weighted by atomic mass is 10.2. The number of rotatable bonds is 8. The second-order valence-corrected chi connectivity index (χ2v) is 5.47. The number of hydrogen-bond donors (Lipinski definition) is 2. The zero-order valence-corrected chi connectivity index (χ0v) is 16.7. The van der Waals surface area contributed by atoms with E-state index in [0.29, 0.717) is 5.15 Å². The van der Waals surface area contributed by atoms with Crippen LogP contribution in [0.4, 0.5) is 0 Å². The Hall–Kier alpha value is -0.600. The summed E-state index contributed by atoms with van der Waals surface area (Å²) in [5.74, 6) is 0.873. The van der Waals surface area contributed by atoms with Gasteiger partial charge in [0.2, 0.25) is 0 Å². The van der Waals surface area contributed by atoms with Gasteiger partial charge in [-0.2, -0.15) is 0 Å². The Bertz CT molecular complexity index is 422. The molecule has 22 heavy (non-hydrogen) atoms. The van der Waals surface area contributed by atoms with Gasteiger partial charge in [-0.1, -0.05) is 17.7 Å². The third-order valence-electron chi connectivity index (χ3n) is 2.87. The summed E-state index contributed by atoms with van der Waals surface area (Å²) < 4.78 is 0. The molecule has 0 aliphatic rings. The largest absolute Gasteiger partial charge is 0.357 e. The molecule has 0 radical (unpaired) electrons. The van der Waals surface area contributed by atoms with Crippen LogP contribution in [0, 0.1) is 0 Å². The number of aromatic nitrogens is 1. The number of hydrogen-bond acceptors (Lipinski definition) is 3. The number of aliphatic imine (C=N–C) groups is 1. The van der Waals surface area contributed by atoms with Gasteiger partial charge in [0.05, 0.1) is 0 Å². The maximum absolute atomic E-state index is 5.77. The highest BCUT2D eigenvalue weighted by atomic mass is 127. The lowest BCUT2D eigenvalue weighted by Crippen LogP contribution is -2.38. The summed E-state index contributed by atoms with van der Waals surface area (Å²) in [6.07, 6.45) is 3.77. The van der Waals surface area contributed by atoms with E-state index in [1.807, 2.05) is 18.3 Å². The second kappa shape index (κ2) is 12.9. The zero-order valence-electron chi connectivity index (χ0n) is 13.6. The van der Waals surface area contributed by atoms with E-state index in [0.717, 1.165) is 50.5 Å². The molecule has 0 aromatic carbocycles. The van der Waals surface area contributed by atoms with Crippen molar-refractivity contribution >= 4 is 41.5 Å². The van der Waals surface area contributed by atoms with Crippen molar-refractivity contribution in [2.24, 2.45) is 4.99 Å². The van der Waals surface area contributed by atoms with Gasteiger partial charge in [0, 0.05) is 25.8 Å². The molecule has 0 fully saturated rings. The Kier molecular flexibility index (Phi) is 12.5. The van der Waals surface area contributed by atoms with Gasteiger partial charge in [-0.05, 0) is 52.0 Å². The molecule has 1 rings (SSSR count). The highest BCUT2D eigenvalue weighted by Gasteiger charge is 1.98. The van der Waals surface area contributed by atoms with E-state index in [4.69, 9.17) is 11.6 Å². The summed E-state index contributed by atoms with van der Waals surface area (Å²) in [4.78, 5) is 10.8. The van der Waals surface area contributed by atoms with Crippen LogP contribution in [0.25, 0.3) is 0 Å². The average molecular weight is 440 g/mol. The molecule has 5 nitrogen and oxygen atoms in total. The number of guanidine groups is 1. The third-order valence-corrected chi connectivity index (χ3v) is 3.10. The molecule has 0 aliphatic carbocycles. The molecule has 7 heteroatoms. The van der Waals surface area contributed by atoms with Gasteiger partial charge in [0.1, 0.15) is 5.15 Å². The Morgan fingerprint density at radius 3 is 2.68 bits per heavy atom. The van der Waals surface area contributed by atoms with E-state index < -0.39 is 0 Å². The molecule has 0 unspecified atom stereocenters. The maximum atomic E-state index is 5.77. The minimum atomic E-state index is 0. The number of pyridine rings is 1. The van der Waals surface area contributed by atoms with Crippen LogP contribution in [0.5, 0.6) is 0 Å². The smallest absolute Gasteiger partial charge is 0.191 e. The third kappa shape index (κ3) is 10.2. The van der Waals surface area contributed by atoms with Gasteiger partial charge in [-0.25, -0.2) is 4.98 Å². The van der Waals surface area contributed by atoms with E-state index in [1.54, 1.807) is 0 Å². The molecular formula is C15H27ClIN5. The minimum Gasteiger partial charge on any atom is -0.357 e. The van der Waals surface area contributed by atoms with Crippen LogP contribution in [-0.4, -0.2) is 56.1 Å². The molecule has 1 aromatic rings. The number of halogens is 2. The van der Waals surface area contributed by atoms with Crippen molar-refractivity contribution in [3.05, 3.63) is 29.0 Å². The number of nitrogens with zero attached hydrogens (tertiary/aromatic N) is 3. The first-order chi connectivity index (χ1) is 10.1. The molecule has 2 N–H and O–H groups in total. The average Bonchev–Trinajstić information content (AvgIpc) is 2.45. The number of nitrogens with one attached hydrogen (secondary N) is 2. The van der Waals surface area contributed by atoms with Gasteiger partial charge in [-0.15, -0.1) is 24.0 Å². The fraction of sp³-hybridized carbons (Fsp3) is 0.600. The molecule has 0 atom stereocenters. The molecule has 0 amide bonds. The molecule has 126 valence electrons. The van der Waals surface area contributed by atoms with E-state index in [2.05, 4.69) is 46.5 Å². The van der Waals surface area contributed by atoms with E-state index in [-0.39, 0.29) is 24.0 Å². The first kappa shape index (κ1) is 21.4. The van der Waals surface area contributed by atoms with E-state index in [9.17, 15) is 0 Å². The van der Waals surface area contributed by atoms with E-state index in [1.165, 1.54) is 0 Å². The fourth-order valence-electron chi connectivity index (χ4n) is 1.80. The molecule has 1 heterocycles.